The van der Waals surface area contributed by atoms with Crippen molar-refractivity contribution >= 4 is 0 Å². The number of benzene rings is 1. The molecule has 0 amide bonds. The number of ether oxygens (including phenoxy) is 1. The van der Waals surface area contributed by atoms with E-state index < -0.39 is 0 Å². The van der Waals surface area contributed by atoms with Gasteiger partial charge in [0.15, 0.2) is 0 Å². The first-order valence-electron chi connectivity index (χ1n) is 5.22. The highest BCUT2D eigenvalue weighted by Gasteiger charge is 2.17. The number of aryl methyl sites for hydroxylation is 1. The molecule has 0 radical (unpaired) electrons. The highest BCUT2D eigenvalue weighted by molar-refractivity contribution is 5.70. The van der Waals surface area contributed by atoms with Crippen LogP contribution >= 0.6 is 0 Å². The van der Waals surface area contributed by atoms with E-state index in [1.54, 1.807) is 30.1 Å². The second-order valence-corrected chi connectivity index (χ2v) is 3.70. The normalized spacial score (nSPS) is 10.6. The van der Waals surface area contributed by atoms with Gasteiger partial charge in [-0.2, -0.15) is 5.10 Å². The summed E-state index contributed by atoms with van der Waals surface area (Å²) >= 11 is 0. The maximum Gasteiger partial charge on any atom is 0.136 e. The van der Waals surface area contributed by atoms with Gasteiger partial charge in [0.1, 0.15) is 17.3 Å². The van der Waals surface area contributed by atoms with E-state index in [2.05, 4.69) is 5.10 Å². The van der Waals surface area contributed by atoms with Crippen molar-refractivity contribution in [2.24, 2.45) is 12.8 Å². The number of nitrogens with zero attached hydrogens (tertiary/aromatic N) is 2. The lowest BCUT2D eigenvalue weighted by Gasteiger charge is -2.08. The zero-order valence-corrected chi connectivity index (χ0v) is 9.77. The van der Waals surface area contributed by atoms with Gasteiger partial charge in [0.05, 0.1) is 12.7 Å². The zero-order chi connectivity index (χ0) is 12.4. The van der Waals surface area contributed by atoms with Gasteiger partial charge in [-0.3, -0.25) is 4.68 Å². The van der Waals surface area contributed by atoms with Crippen molar-refractivity contribution in [2.45, 2.75) is 6.54 Å². The van der Waals surface area contributed by atoms with Crippen LogP contribution in [0.25, 0.3) is 11.3 Å². The van der Waals surface area contributed by atoms with E-state index in [1.807, 2.05) is 0 Å². The quantitative estimate of drug-likeness (QED) is 0.880. The third-order valence-corrected chi connectivity index (χ3v) is 2.56. The van der Waals surface area contributed by atoms with Crippen LogP contribution in [0.4, 0.5) is 4.39 Å². The Kier molecular flexibility index (Phi) is 3.10. The molecule has 1 aromatic heterocycles. The Morgan fingerprint density at radius 1 is 1.47 bits per heavy atom. The first-order valence-corrected chi connectivity index (χ1v) is 5.22. The molecular formula is C12H14FN3O. The zero-order valence-electron chi connectivity index (χ0n) is 9.77. The van der Waals surface area contributed by atoms with E-state index in [9.17, 15) is 4.39 Å². The maximum atomic E-state index is 13.9. The SMILES string of the molecule is COc1cccc(F)c1-c1nn(C)cc1CN. The molecule has 0 unspecified atom stereocenters. The van der Waals surface area contributed by atoms with Gasteiger partial charge in [0, 0.05) is 25.4 Å². The van der Waals surface area contributed by atoms with Gasteiger partial charge in [-0.15, -0.1) is 0 Å². The predicted octanol–water partition coefficient (Wildman–Crippen LogP) is 1.69. The van der Waals surface area contributed by atoms with Gasteiger partial charge in [0.25, 0.3) is 0 Å². The van der Waals surface area contributed by atoms with Crippen molar-refractivity contribution in [3.8, 4) is 17.0 Å². The van der Waals surface area contributed by atoms with Crippen LogP contribution in [0.15, 0.2) is 24.4 Å². The molecule has 0 fully saturated rings. The molecule has 2 rings (SSSR count). The smallest absolute Gasteiger partial charge is 0.136 e. The minimum absolute atomic E-state index is 0.306. The Bertz CT molecular complexity index is 537. The van der Waals surface area contributed by atoms with Crippen molar-refractivity contribution in [1.82, 2.24) is 9.78 Å². The maximum absolute atomic E-state index is 13.9. The lowest BCUT2D eigenvalue weighted by atomic mass is 10.1. The van der Waals surface area contributed by atoms with Crippen LogP contribution in [0.2, 0.25) is 0 Å². The van der Waals surface area contributed by atoms with Gasteiger partial charge in [-0.05, 0) is 12.1 Å². The Morgan fingerprint density at radius 2 is 2.24 bits per heavy atom. The molecule has 0 bridgehead atoms. The van der Waals surface area contributed by atoms with Crippen LogP contribution < -0.4 is 10.5 Å². The van der Waals surface area contributed by atoms with Crippen molar-refractivity contribution in [3.63, 3.8) is 0 Å². The molecule has 0 atom stereocenters. The predicted molar refractivity (Wildman–Crippen MR) is 63.0 cm³/mol. The van der Waals surface area contributed by atoms with Gasteiger partial charge < -0.3 is 10.5 Å². The molecule has 0 saturated heterocycles. The summed E-state index contributed by atoms with van der Waals surface area (Å²) in [5.41, 5.74) is 7.30. The summed E-state index contributed by atoms with van der Waals surface area (Å²) in [4.78, 5) is 0. The molecule has 4 nitrogen and oxygen atoms in total. The largest absolute Gasteiger partial charge is 0.496 e. The molecule has 17 heavy (non-hydrogen) atoms. The lowest BCUT2D eigenvalue weighted by molar-refractivity contribution is 0.413. The summed E-state index contributed by atoms with van der Waals surface area (Å²) in [6.45, 7) is 0.306. The number of hydrogen-bond acceptors (Lipinski definition) is 3. The van der Waals surface area contributed by atoms with Gasteiger partial charge in [-0.1, -0.05) is 6.07 Å². The Morgan fingerprint density at radius 3 is 2.88 bits per heavy atom. The Labute approximate surface area is 98.8 Å². The van der Waals surface area contributed by atoms with Crippen LogP contribution in [0.5, 0.6) is 5.75 Å². The first kappa shape index (κ1) is 11.6. The molecule has 2 N–H and O–H groups in total. The summed E-state index contributed by atoms with van der Waals surface area (Å²) in [6, 6.07) is 4.68. The average molecular weight is 235 g/mol. The van der Waals surface area contributed by atoms with E-state index in [-0.39, 0.29) is 5.82 Å². The van der Waals surface area contributed by atoms with Crippen molar-refractivity contribution in [3.05, 3.63) is 35.8 Å². The van der Waals surface area contributed by atoms with Crippen LogP contribution in [0.3, 0.4) is 0 Å². The Hall–Kier alpha value is -1.88. The fraction of sp³-hybridized carbons (Fsp3) is 0.250. The van der Waals surface area contributed by atoms with Gasteiger partial charge in [-0.25, -0.2) is 4.39 Å². The van der Waals surface area contributed by atoms with E-state index >= 15 is 0 Å². The number of aromatic nitrogens is 2. The lowest BCUT2D eigenvalue weighted by Crippen LogP contribution is -1.99. The fourth-order valence-electron chi connectivity index (χ4n) is 1.80. The number of methoxy groups -OCH3 is 1. The summed E-state index contributed by atoms with van der Waals surface area (Å²) in [6.07, 6.45) is 1.78. The highest BCUT2D eigenvalue weighted by atomic mass is 19.1. The third-order valence-electron chi connectivity index (χ3n) is 2.56. The third kappa shape index (κ3) is 2.01. The molecule has 0 aliphatic heterocycles. The number of rotatable bonds is 3. The Balaban J connectivity index is 2.66. The number of halogens is 1. The molecule has 0 spiro atoms. The van der Waals surface area contributed by atoms with Crippen LogP contribution in [0.1, 0.15) is 5.56 Å². The number of hydrogen-bond donors (Lipinski definition) is 1. The fourth-order valence-corrected chi connectivity index (χ4v) is 1.80. The molecule has 90 valence electrons. The molecule has 0 aliphatic carbocycles. The monoisotopic (exact) mass is 235 g/mol. The molecule has 1 heterocycles. The van der Waals surface area contributed by atoms with Crippen molar-refractivity contribution in [1.29, 1.82) is 0 Å². The summed E-state index contributed by atoms with van der Waals surface area (Å²) in [7, 11) is 3.28. The molecular weight excluding hydrogens is 221 g/mol. The molecule has 2 aromatic rings. The van der Waals surface area contributed by atoms with Crippen LogP contribution in [0, 0.1) is 5.82 Å². The average Bonchev–Trinajstić information content (AvgIpc) is 2.69. The standard InChI is InChI=1S/C12H14FN3O/c1-16-7-8(6-14)12(15-16)11-9(13)4-3-5-10(11)17-2/h3-5,7H,6,14H2,1-2H3. The summed E-state index contributed by atoms with van der Waals surface area (Å²) < 4.78 is 20.7. The minimum atomic E-state index is -0.363. The molecule has 0 saturated carbocycles. The topological polar surface area (TPSA) is 53.1 Å². The summed E-state index contributed by atoms with van der Waals surface area (Å²) in [5.74, 6) is 0.0937. The second-order valence-electron chi connectivity index (χ2n) is 3.70. The van der Waals surface area contributed by atoms with Crippen LogP contribution in [-0.2, 0) is 13.6 Å². The number of nitrogens with two attached hydrogens (primary N) is 1. The van der Waals surface area contributed by atoms with Crippen LogP contribution in [-0.4, -0.2) is 16.9 Å². The van der Waals surface area contributed by atoms with Crippen molar-refractivity contribution in [2.75, 3.05) is 7.11 Å². The van der Waals surface area contributed by atoms with Gasteiger partial charge in [0.2, 0.25) is 0 Å². The van der Waals surface area contributed by atoms with E-state index in [4.69, 9.17) is 10.5 Å². The summed E-state index contributed by atoms with van der Waals surface area (Å²) in [5, 5.41) is 4.24. The molecule has 1 aromatic carbocycles. The minimum Gasteiger partial charge on any atom is -0.496 e. The van der Waals surface area contributed by atoms with E-state index in [0.717, 1.165) is 5.56 Å². The molecule has 5 heteroatoms. The van der Waals surface area contributed by atoms with Crippen molar-refractivity contribution < 1.29 is 9.13 Å². The van der Waals surface area contributed by atoms with E-state index in [0.29, 0.717) is 23.6 Å². The second kappa shape index (κ2) is 4.55. The highest BCUT2D eigenvalue weighted by Crippen LogP contribution is 2.33. The molecule has 0 aliphatic rings. The van der Waals surface area contributed by atoms with Gasteiger partial charge >= 0.3 is 0 Å². The first-order chi connectivity index (χ1) is 8.17. The van der Waals surface area contributed by atoms with E-state index in [1.165, 1.54) is 13.2 Å².